The normalized spacial score (nSPS) is 11.4. The fourth-order valence-corrected chi connectivity index (χ4v) is 3.08. The van der Waals surface area contributed by atoms with Gasteiger partial charge in [-0.15, -0.1) is 11.8 Å². The first kappa shape index (κ1) is 19.8. The summed E-state index contributed by atoms with van der Waals surface area (Å²) in [4.78, 5) is 15.9. The summed E-state index contributed by atoms with van der Waals surface area (Å²) >= 11 is 1.20. The standard InChI is InChI=1S/C22H21NO4S/c1-15-19(23-21(27-15)17-6-4-3-5-7-17)12-13-26-18-10-8-16(9-11-18)14-20(28-2)22(24)25/h3-11,14H,12-13H2,1-2H3,(H,24,25). The molecule has 1 heterocycles. The van der Waals surface area contributed by atoms with Gasteiger partial charge in [-0.2, -0.15) is 0 Å². The molecule has 0 fully saturated rings. The van der Waals surface area contributed by atoms with Crippen molar-refractivity contribution in [3.8, 4) is 17.2 Å². The van der Waals surface area contributed by atoms with Crippen LogP contribution in [0.4, 0.5) is 0 Å². The molecule has 144 valence electrons. The van der Waals surface area contributed by atoms with E-state index >= 15 is 0 Å². The summed E-state index contributed by atoms with van der Waals surface area (Å²) in [6, 6.07) is 17.1. The quantitative estimate of drug-likeness (QED) is 0.538. The molecule has 6 heteroatoms. The highest BCUT2D eigenvalue weighted by Gasteiger charge is 2.11. The Bertz CT molecular complexity index is 962. The third kappa shape index (κ3) is 5.04. The van der Waals surface area contributed by atoms with Crippen LogP contribution in [0, 0.1) is 6.92 Å². The van der Waals surface area contributed by atoms with E-state index < -0.39 is 5.97 Å². The van der Waals surface area contributed by atoms with Crippen LogP contribution < -0.4 is 4.74 Å². The van der Waals surface area contributed by atoms with E-state index in [0.717, 1.165) is 28.3 Å². The topological polar surface area (TPSA) is 72.6 Å². The third-order valence-electron chi connectivity index (χ3n) is 4.13. The number of carboxylic acid groups (broad SMARTS) is 1. The Morgan fingerprint density at radius 3 is 2.54 bits per heavy atom. The van der Waals surface area contributed by atoms with Gasteiger partial charge in [-0.25, -0.2) is 9.78 Å². The van der Waals surface area contributed by atoms with Gasteiger partial charge in [0.2, 0.25) is 5.89 Å². The largest absolute Gasteiger partial charge is 0.493 e. The number of aliphatic carboxylic acids is 1. The molecule has 0 unspecified atom stereocenters. The van der Waals surface area contributed by atoms with E-state index in [2.05, 4.69) is 4.98 Å². The fraction of sp³-hybridized carbons (Fsp3) is 0.182. The molecule has 5 nitrogen and oxygen atoms in total. The van der Waals surface area contributed by atoms with Gasteiger partial charge in [-0.05, 0) is 49.1 Å². The highest BCUT2D eigenvalue weighted by atomic mass is 32.2. The molecule has 0 spiro atoms. The van der Waals surface area contributed by atoms with Crippen molar-refractivity contribution in [3.63, 3.8) is 0 Å². The molecular weight excluding hydrogens is 374 g/mol. The molecular formula is C22H21NO4S. The van der Waals surface area contributed by atoms with E-state index in [4.69, 9.17) is 14.3 Å². The number of nitrogens with zero attached hydrogens (tertiary/aromatic N) is 1. The molecule has 0 aliphatic rings. The second-order valence-corrected chi connectivity index (χ2v) is 6.92. The molecule has 0 saturated carbocycles. The molecule has 3 rings (SSSR count). The van der Waals surface area contributed by atoms with Crippen molar-refractivity contribution in [1.29, 1.82) is 0 Å². The maximum absolute atomic E-state index is 11.1. The van der Waals surface area contributed by atoms with E-state index in [1.54, 1.807) is 12.3 Å². The Morgan fingerprint density at radius 1 is 1.18 bits per heavy atom. The van der Waals surface area contributed by atoms with E-state index in [-0.39, 0.29) is 0 Å². The minimum absolute atomic E-state index is 0.296. The number of carbonyl (C=O) groups is 1. The molecule has 28 heavy (non-hydrogen) atoms. The average molecular weight is 395 g/mol. The molecule has 0 saturated heterocycles. The second-order valence-electron chi connectivity index (χ2n) is 6.07. The number of aryl methyl sites for hydroxylation is 1. The molecule has 2 aromatic carbocycles. The van der Waals surface area contributed by atoms with Gasteiger partial charge in [-0.1, -0.05) is 30.3 Å². The van der Waals surface area contributed by atoms with Crippen LogP contribution in [0.5, 0.6) is 5.75 Å². The number of benzene rings is 2. The SMILES string of the molecule is CSC(=Cc1ccc(OCCc2nc(-c3ccccc3)oc2C)cc1)C(=O)O. The zero-order valence-corrected chi connectivity index (χ0v) is 16.5. The monoisotopic (exact) mass is 395 g/mol. The first-order valence-corrected chi connectivity index (χ1v) is 10.0. The number of aromatic nitrogens is 1. The molecule has 1 N–H and O–H groups in total. The van der Waals surface area contributed by atoms with Crippen LogP contribution in [0.15, 0.2) is 63.9 Å². The minimum Gasteiger partial charge on any atom is -0.493 e. The number of carboxylic acids is 1. The number of hydrogen-bond acceptors (Lipinski definition) is 5. The first-order valence-electron chi connectivity index (χ1n) is 8.80. The number of rotatable bonds is 8. The molecule has 0 aliphatic carbocycles. The second kappa shape index (κ2) is 9.28. The third-order valence-corrected chi connectivity index (χ3v) is 4.86. The van der Waals surface area contributed by atoms with Crippen LogP contribution >= 0.6 is 11.8 Å². The van der Waals surface area contributed by atoms with Gasteiger partial charge in [-0.3, -0.25) is 0 Å². The Balaban J connectivity index is 1.58. The maximum atomic E-state index is 11.1. The Hall–Kier alpha value is -2.99. The van der Waals surface area contributed by atoms with E-state index in [0.29, 0.717) is 23.8 Å². The molecule has 3 aromatic rings. The summed E-state index contributed by atoms with van der Waals surface area (Å²) in [7, 11) is 0. The van der Waals surface area contributed by atoms with Crippen molar-refractivity contribution < 1.29 is 19.1 Å². The lowest BCUT2D eigenvalue weighted by molar-refractivity contribution is -0.131. The number of oxazole rings is 1. The average Bonchev–Trinajstić information content (AvgIpc) is 3.08. The van der Waals surface area contributed by atoms with E-state index in [1.165, 1.54) is 11.8 Å². The summed E-state index contributed by atoms with van der Waals surface area (Å²) in [5.74, 6) is 1.21. The van der Waals surface area contributed by atoms with Gasteiger partial charge in [0.15, 0.2) is 0 Å². The predicted octanol–water partition coefficient (Wildman–Crippen LogP) is 5.06. The first-order chi connectivity index (χ1) is 13.6. The molecule has 0 atom stereocenters. The Morgan fingerprint density at radius 2 is 1.89 bits per heavy atom. The van der Waals surface area contributed by atoms with Gasteiger partial charge in [0.25, 0.3) is 0 Å². The highest BCUT2D eigenvalue weighted by Crippen LogP contribution is 2.22. The summed E-state index contributed by atoms with van der Waals surface area (Å²) in [6.07, 6.45) is 4.02. The molecule has 0 radical (unpaired) electrons. The molecule has 0 amide bonds. The van der Waals surface area contributed by atoms with Crippen molar-refractivity contribution in [2.24, 2.45) is 0 Å². The summed E-state index contributed by atoms with van der Waals surface area (Å²) in [6.45, 7) is 2.38. The van der Waals surface area contributed by atoms with Crippen molar-refractivity contribution in [2.45, 2.75) is 13.3 Å². The highest BCUT2D eigenvalue weighted by molar-refractivity contribution is 8.03. The van der Waals surface area contributed by atoms with Crippen molar-refractivity contribution in [2.75, 3.05) is 12.9 Å². The lowest BCUT2D eigenvalue weighted by atomic mass is 10.2. The molecule has 1 aromatic heterocycles. The van der Waals surface area contributed by atoms with Crippen LogP contribution in [-0.4, -0.2) is 28.9 Å². The minimum atomic E-state index is -0.925. The van der Waals surface area contributed by atoms with E-state index in [9.17, 15) is 4.79 Å². The van der Waals surface area contributed by atoms with E-state index in [1.807, 2.05) is 61.5 Å². The van der Waals surface area contributed by atoms with Crippen molar-refractivity contribution in [1.82, 2.24) is 4.98 Å². The van der Waals surface area contributed by atoms with Crippen LogP contribution in [0.25, 0.3) is 17.5 Å². The van der Waals surface area contributed by atoms with Crippen molar-refractivity contribution >= 4 is 23.8 Å². The lowest BCUT2D eigenvalue weighted by Crippen LogP contribution is -2.02. The van der Waals surface area contributed by atoms with Gasteiger partial charge >= 0.3 is 5.97 Å². The Labute approximate surface area is 168 Å². The zero-order chi connectivity index (χ0) is 19.9. The summed E-state index contributed by atoms with van der Waals surface area (Å²) in [5.41, 5.74) is 2.65. The lowest BCUT2D eigenvalue weighted by Gasteiger charge is -2.06. The van der Waals surface area contributed by atoms with Crippen LogP contribution in [0.1, 0.15) is 17.0 Å². The van der Waals surface area contributed by atoms with Gasteiger partial charge in [0, 0.05) is 12.0 Å². The predicted molar refractivity (Wildman–Crippen MR) is 111 cm³/mol. The molecule has 0 aliphatic heterocycles. The Kier molecular flexibility index (Phi) is 6.55. The van der Waals surface area contributed by atoms with Gasteiger partial charge in [0.05, 0.1) is 17.2 Å². The smallest absolute Gasteiger partial charge is 0.342 e. The molecule has 0 bridgehead atoms. The maximum Gasteiger partial charge on any atom is 0.342 e. The van der Waals surface area contributed by atoms with Crippen LogP contribution in [0.2, 0.25) is 0 Å². The van der Waals surface area contributed by atoms with Gasteiger partial charge < -0.3 is 14.3 Å². The number of ether oxygens (including phenoxy) is 1. The number of hydrogen-bond donors (Lipinski definition) is 1. The van der Waals surface area contributed by atoms with Gasteiger partial charge in [0.1, 0.15) is 11.5 Å². The van der Waals surface area contributed by atoms with Crippen molar-refractivity contribution in [3.05, 3.63) is 76.5 Å². The number of thioether (sulfide) groups is 1. The summed E-state index contributed by atoms with van der Waals surface area (Å²) < 4.78 is 11.6. The zero-order valence-electron chi connectivity index (χ0n) is 15.7. The van der Waals surface area contributed by atoms with Crippen LogP contribution in [0.3, 0.4) is 0 Å². The summed E-state index contributed by atoms with van der Waals surface area (Å²) in [5, 5.41) is 9.08. The fourth-order valence-electron chi connectivity index (χ4n) is 2.65. The van der Waals surface area contributed by atoms with Crippen LogP contribution in [-0.2, 0) is 11.2 Å².